The van der Waals surface area contributed by atoms with E-state index in [4.69, 9.17) is 16.3 Å². The van der Waals surface area contributed by atoms with Crippen molar-refractivity contribution < 1.29 is 27.1 Å². The van der Waals surface area contributed by atoms with Crippen molar-refractivity contribution in [3.05, 3.63) is 89.2 Å². The van der Waals surface area contributed by atoms with E-state index < -0.39 is 34.3 Å². The van der Waals surface area contributed by atoms with Gasteiger partial charge in [0.15, 0.2) is 0 Å². The van der Waals surface area contributed by atoms with Crippen molar-refractivity contribution in [1.29, 1.82) is 0 Å². The Kier molecular flexibility index (Phi) is 11.1. The number of ether oxygens (including phenoxy) is 1. The van der Waals surface area contributed by atoms with Crippen molar-refractivity contribution >= 4 is 39.1 Å². The highest BCUT2D eigenvalue weighted by Gasteiger charge is 2.33. The second kappa shape index (κ2) is 14.3. The second-order valence-electron chi connectivity index (χ2n) is 9.53. The largest absolute Gasteiger partial charge is 0.494 e. The molecule has 0 aliphatic rings. The third-order valence-electron chi connectivity index (χ3n) is 6.55. The molecule has 0 saturated carbocycles. The van der Waals surface area contributed by atoms with Crippen LogP contribution < -0.4 is 14.4 Å². The molecule has 3 aromatic carbocycles. The normalized spacial score (nSPS) is 12.7. The third kappa shape index (κ3) is 8.43. The van der Waals surface area contributed by atoms with Crippen LogP contribution in [0.25, 0.3) is 0 Å². The zero-order valence-electron chi connectivity index (χ0n) is 23.5. The number of hydrogen-bond acceptors (Lipinski definition) is 5. The average Bonchev–Trinajstić information content (AvgIpc) is 2.96. The Labute approximate surface area is 246 Å². The van der Waals surface area contributed by atoms with Gasteiger partial charge in [-0.3, -0.25) is 13.9 Å². The molecule has 0 spiro atoms. The summed E-state index contributed by atoms with van der Waals surface area (Å²) in [5.74, 6) is -1.06. The van der Waals surface area contributed by atoms with E-state index in [0.29, 0.717) is 29.4 Å². The Balaban J connectivity index is 2.01. The van der Waals surface area contributed by atoms with Crippen molar-refractivity contribution in [3.8, 4) is 5.75 Å². The summed E-state index contributed by atoms with van der Waals surface area (Å²) in [7, 11) is -4.28. The van der Waals surface area contributed by atoms with Crippen LogP contribution in [0.2, 0.25) is 5.02 Å². The summed E-state index contributed by atoms with van der Waals surface area (Å²) in [6.07, 6.45) is 0.697. The van der Waals surface area contributed by atoms with Crippen LogP contribution in [0.4, 0.5) is 10.1 Å². The molecule has 0 radical (unpaired) electrons. The molecule has 0 unspecified atom stereocenters. The van der Waals surface area contributed by atoms with Crippen molar-refractivity contribution in [2.45, 2.75) is 57.6 Å². The smallest absolute Gasteiger partial charge is 0.264 e. The molecule has 0 saturated heterocycles. The highest BCUT2D eigenvalue weighted by atomic mass is 35.5. The molecule has 0 fully saturated rings. The highest BCUT2D eigenvalue weighted by Crippen LogP contribution is 2.26. The second-order valence-corrected chi connectivity index (χ2v) is 11.8. The number of rotatable bonds is 13. The van der Waals surface area contributed by atoms with Gasteiger partial charge in [0.25, 0.3) is 10.0 Å². The molecule has 11 heteroatoms. The molecule has 8 nitrogen and oxygen atoms in total. The maximum absolute atomic E-state index is 13.9. The fourth-order valence-corrected chi connectivity index (χ4v) is 5.51. The molecule has 0 bridgehead atoms. The van der Waals surface area contributed by atoms with Gasteiger partial charge in [0.05, 0.1) is 17.2 Å². The molecule has 0 aliphatic carbocycles. The number of sulfonamides is 1. The molecular formula is C30H35ClFN3O5S. The van der Waals surface area contributed by atoms with Gasteiger partial charge in [-0.25, -0.2) is 12.8 Å². The Morgan fingerprint density at radius 1 is 0.951 bits per heavy atom. The van der Waals surface area contributed by atoms with Crippen LogP contribution >= 0.6 is 11.6 Å². The molecule has 2 amide bonds. The number of hydrogen-bond donors (Lipinski definition) is 1. The van der Waals surface area contributed by atoms with E-state index in [-0.39, 0.29) is 29.1 Å². The third-order valence-corrected chi connectivity index (χ3v) is 8.59. The predicted octanol–water partition coefficient (Wildman–Crippen LogP) is 5.41. The number of carbonyl (C=O) groups excluding carboxylic acids is 2. The minimum atomic E-state index is -4.28. The van der Waals surface area contributed by atoms with Crippen LogP contribution in [0.3, 0.4) is 0 Å². The maximum atomic E-state index is 13.9. The fourth-order valence-electron chi connectivity index (χ4n) is 3.97. The Morgan fingerprint density at radius 2 is 1.56 bits per heavy atom. The van der Waals surface area contributed by atoms with Gasteiger partial charge in [0, 0.05) is 17.6 Å². The minimum absolute atomic E-state index is 0.0332. The van der Waals surface area contributed by atoms with Crippen LogP contribution in [0.15, 0.2) is 77.7 Å². The lowest BCUT2D eigenvalue weighted by Crippen LogP contribution is -2.52. The topological polar surface area (TPSA) is 96.0 Å². The predicted molar refractivity (Wildman–Crippen MR) is 158 cm³/mol. The first-order valence-electron chi connectivity index (χ1n) is 13.3. The summed E-state index contributed by atoms with van der Waals surface area (Å²) in [5, 5.41) is 3.40. The van der Waals surface area contributed by atoms with Crippen LogP contribution in [-0.4, -0.2) is 50.4 Å². The molecule has 41 heavy (non-hydrogen) atoms. The standard InChI is InChI=1S/C30H35ClFN3O5S/c1-5-21(3)33-30(37)22(4)34(19-23-7-9-24(31)10-8-23)29(36)20-35(26-13-11-25(32)12-14-26)41(38,39)28-17-15-27(16-18-28)40-6-2/h7-18,21-22H,5-6,19-20H2,1-4H3,(H,33,37)/t21-,22-/m0/s1. The number of carbonyl (C=O) groups is 2. The molecule has 3 rings (SSSR count). The Bertz CT molecular complexity index is 1420. The van der Waals surface area contributed by atoms with Gasteiger partial charge in [0.1, 0.15) is 24.2 Å². The SMILES string of the molecule is CCOc1ccc(S(=O)(=O)N(CC(=O)N(Cc2ccc(Cl)cc2)[C@@H](C)C(=O)N[C@@H](C)CC)c2ccc(F)cc2)cc1. The molecule has 2 atom stereocenters. The zero-order valence-corrected chi connectivity index (χ0v) is 25.1. The lowest BCUT2D eigenvalue weighted by Gasteiger charge is -2.32. The molecule has 1 N–H and O–H groups in total. The van der Waals surface area contributed by atoms with Gasteiger partial charge in [-0.15, -0.1) is 0 Å². The van der Waals surface area contributed by atoms with Gasteiger partial charge in [0.2, 0.25) is 11.8 Å². The summed E-state index contributed by atoms with van der Waals surface area (Å²) >= 11 is 6.03. The van der Waals surface area contributed by atoms with Crippen LogP contribution in [0.5, 0.6) is 5.75 Å². The maximum Gasteiger partial charge on any atom is 0.264 e. The molecule has 220 valence electrons. The molecule has 0 aromatic heterocycles. The van der Waals surface area contributed by atoms with E-state index >= 15 is 0 Å². The number of nitrogens with one attached hydrogen (secondary N) is 1. The Hall–Kier alpha value is -3.63. The monoisotopic (exact) mass is 603 g/mol. The van der Waals surface area contributed by atoms with Crippen LogP contribution in [0.1, 0.15) is 39.7 Å². The molecule has 0 aliphatic heterocycles. The minimum Gasteiger partial charge on any atom is -0.494 e. The van der Waals surface area contributed by atoms with Gasteiger partial charge < -0.3 is 15.0 Å². The van der Waals surface area contributed by atoms with E-state index in [9.17, 15) is 22.4 Å². The van der Waals surface area contributed by atoms with Gasteiger partial charge in [-0.05, 0) is 93.4 Å². The number of amides is 2. The zero-order chi connectivity index (χ0) is 30.2. The van der Waals surface area contributed by atoms with E-state index in [0.717, 1.165) is 16.4 Å². The van der Waals surface area contributed by atoms with Crippen molar-refractivity contribution in [3.63, 3.8) is 0 Å². The first kappa shape index (κ1) is 31.9. The van der Waals surface area contributed by atoms with E-state index in [1.54, 1.807) is 31.2 Å². The first-order valence-corrected chi connectivity index (χ1v) is 15.1. The molecule has 0 heterocycles. The van der Waals surface area contributed by atoms with Crippen molar-refractivity contribution in [1.82, 2.24) is 10.2 Å². The fraction of sp³-hybridized carbons (Fsp3) is 0.333. The summed E-state index contributed by atoms with van der Waals surface area (Å²) < 4.78 is 47.8. The van der Waals surface area contributed by atoms with Gasteiger partial charge in [-0.2, -0.15) is 0 Å². The van der Waals surface area contributed by atoms with Crippen LogP contribution in [0, 0.1) is 5.82 Å². The van der Waals surface area contributed by atoms with Gasteiger partial charge in [-0.1, -0.05) is 30.7 Å². The molecular weight excluding hydrogens is 569 g/mol. The van der Waals surface area contributed by atoms with Crippen molar-refractivity contribution in [2.75, 3.05) is 17.5 Å². The van der Waals surface area contributed by atoms with E-state index in [1.165, 1.54) is 41.3 Å². The molecule has 3 aromatic rings. The average molecular weight is 604 g/mol. The van der Waals surface area contributed by atoms with Crippen LogP contribution in [-0.2, 0) is 26.2 Å². The quantitative estimate of drug-likeness (QED) is 0.282. The lowest BCUT2D eigenvalue weighted by molar-refractivity contribution is -0.139. The summed E-state index contributed by atoms with van der Waals surface area (Å²) in [5.41, 5.74) is 0.797. The van der Waals surface area contributed by atoms with Gasteiger partial charge >= 0.3 is 0 Å². The lowest BCUT2D eigenvalue weighted by atomic mass is 10.1. The van der Waals surface area contributed by atoms with E-state index in [2.05, 4.69) is 5.32 Å². The number of anilines is 1. The Morgan fingerprint density at radius 3 is 2.12 bits per heavy atom. The van der Waals surface area contributed by atoms with E-state index in [1.807, 2.05) is 20.8 Å². The highest BCUT2D eigenvalue weighted by molar-refractivity contribution is 7.92. The number of halogens is 2. The van der Waals surface area contributed by atoms with Crippen molar-refractivity contribution in [2.24, 2.45) is 0 Å². The summed E-state index contributed by atoms with van der Waals surface area (Å²) in [6.45, 7) is 7.01. The summed E-state index contributed by atoms with van der Waals surface area (Å²) in [6, 6.07) is 16.4. The first-order chi connectivity index (χ1) is 19.5. The number of nitrogens with zero attached hydrogens (tertiary/aromatic N) is 2. The number of benzene rings is 3. The summed E-state index contributed by atoms with van der Waals surface area (Å²) in [4.78, 5) is 28.2.